The van der Waals surface area contributed by atoms with Gasteiger partial charge in [-0.2, -0.15) is 0 Å². The molecule has 29 heavy (non-hydrogen) atoms. The van der Waals surface area contributed by atoms with E-state index in [0.29, 0.717) is 22.4 Å². The second-order valence-corrected chi connectivity index (χ2v) is 7.49. The van der Waals surface area contributed by atoms with Crippen LogP contribution in [0.3, 0.4) is 0 Å². The van der Waals surface area contributed by atoms with E-state index in [1.54, 1.807) is 36.4 Å². The Balaban J connectivity index is 1.69. The van der Waals surface area contributed by atoms with Crippen molar-refractivity contribution in [2.24, 2.45) is 0 Å². The molecule has 0 unspecified atom stereocenters. The number of para-hydroxylation sites is 1. The summed E-state index contributed by atoms with van der Waals surface area (Å²) >= 11 is 0. The zero-order valence-corrected chi connectivity index (χ0v) is 16.1. The fourth-order valence-electron chi connectivity index (χ4n) is 4.17. The maximum absolute atomic E-state index is 13.0. The third-order valence-corrected chi connectivity index (χ3v) is 5.64. The molecule has 2 aromatic carbocycles. The molecule has 3 aromatic rings. The largest absolute Gasteiger partial charge is 0.478 e. The SMILES string of the molecule is CC(=O)n1cc(C(=O)Nc2ccc(C3CCCC3)cc2C(=O)O)c2ccccc21. The zero-order valence-electron chi connectivity index (χ0n) is 16.1. The molecule has 0 saturated heterocycles. The molecule has 1 aliphatic carbocycles. The quantitative estimate of drug-likeness (QED) is 0.662. The normalized spacial score (nSPS) is 14.2. The molecule has 0 aliphatic heterocycles. The van der Waals surface area contributed by atoms with Crippen LogP contribution in [0.5, 0.6) is 0 Å². The third kappa shape index (κ3) is 3.53. The zero-order chi connectivity index (χ0) is 20.5. The monoisotopic (exact) mass is 390 g/mol. The topological polar surface area (TPSA) is 88.4 Å². The van der Waals surface area contributed by atoms with Crippen LogP contribution in [0, 0.1) is 0 Å². The molecule has 148 valence electrons. The van der Waals surface area contributed by atoms with Gasteiger partial charge in [-0.3, -0.25) is 14.2 Å². The smallest absolute Gasteiger partial charge is 0.337 e. The number of benzene rings is 2. The van der Waals surface area contributed by atoms with Crippen molar-refractivity contribution in [1.29, 1.82) is 0 Å². The van der Waals surface area contributed by atoms with Gasteiger partial charge in [-0.15, -0.1) is 0 Å². The minimum absolute atomic E-state index is 0.0815. The third-order valence-electron chi connectivity index (χ3n) is 5.64. The molecule has 6 nitrogen and oxygen atoms in total. The highest BCUT2D eigenvalue weighted by Crippen LogP contribution is 2.35. The van der Waals surface area contributed by atoms with Crippen LogP contribution in [0.2, 0.25) is 0 Å². The van der Waals surface area contributed by atoms with Crippen LogP contribution in [0.1, 0.15) is 69.6 Å². The Labute approximate surface area is 168 Å². The van der Waals surface area contributed by atoms with Crippen LogP contribution >= 0.6 is 0 Å². The summed E-state index contributed by atoms with van der Waals surface area (Å²) < 4.78 is 1.42. The predicted molar refractivity (Wildman–Crippen MR) is 111 cm³/mol. The van der Waals surface area contributed by atoms with Crippen LogP contribution in [-0.4, -0.2) is 27.5 Å². The van der Waals surface area contributed by atoms with Crippen LogP contribution in [0.15, 0.2) is 48.7 Å². The van der Waals surface area contributed by atoms with Gasteiger partial charge in [-0.25, -0.2) is 4.79 Å². The van der Waals surface area contributed by atoms with Crippen molar-refractivity contribution in [3.8, 4) is 0 Å². The molecule has 0 spiro atoms. The molecule has 0 radical (unpaired) electrons. The number of carboxylic acid groups (broad SMARTS) is 1. The number of aromatic nitrogens is 1. The van der Waals surface area contributed by atoms with Crippen molar-refractivity contribution < 1.29 is 19.5 Å². The van der Waals surface area contributed by atoms with E-state index in [9.17, 15) is 19.5 Å². The Morgan fingerprint density at radius 3 is 2.45 bits per heavy atom. The van der Waals surface area contributed by atoms with Crippen molar-refractivity contribution >= 4 is 34.4 Å². The van der Waals surface area contributed by atoms with E-state index in [-0.39, 0.29) is 17.2 Å². The molecule has 1 saturated carbocycles. The number of aromatic carboxylic acids is 1. The maximum atomic E-state index is 13.0. The van der Waals surface area contributed by atoms with Gasteiger partial charge in [0.1, 0.15) is 0 Å². The van der Waals surface area contributed by atoms with Crippen molar-refractivity contribution in [3.63, 3.8) is 0 Å². The van der Waals surface area contributed by atoms with E-state index in [1.807, 2.05) is 6.07 Å². The molecule has 6 heteroatoms. The first-order chi connectivity index (χ1) is 14.0. The number of carbonyl (C=O) groups is 3. The van der Waals surface area contributed by atoms with Gasteiger partial charge in [0.2, 0.25) is 5.91 Å². The van der Waals surface area contributed by atoms with Gasteiger partial charge in [0.25, 0.3) is 5.91 Å². The summed E-state index contributed by atoms with van der Waals surface area (Å²) in [6.45, 7) is 1.43. The Kier molecular flexibility index (Phi) is 4.92. The summed E-state index contributed by atoms with van der Waals surface area (Å²) in [7, 11) is 0. The molecule has 4 rings (SSSR count). The van der Waals surface area contributed by atoms with Crippen LogP contribution in [0.4, 0.5) is 5.69 Å². The molecular formula is C23H22N2O4. The van der Waals surface area contributed by atoms with E-state index in [0.717, 1.165) is 31.2 Å². The summed E-state index contributed by atoms with van der Waals surface area (Å²) in [6.07, 6.45) is 5.94. The average molecular weight is 390 g/mol. The van der Waals surface area contributed by atoms with Crippen molar-refractivity contribution in [3.05, 3.63) is 65.4 Å². The van der Waals surface area contributed by atoms with Gasteiger partial charge in [0, 0.05) is 18.5 Å². The standard InChI is InChI=1S/C23H22N2O4/c1-14(26)25-13-19(17-8-4-5-9-21(17)25)22(27)24-20-11-10-16(12-18(20)23(28)29)15-6-2-3-7-15/h4-5,8-13,15H,2-3,6-7H2,1H3,(H,24,27)(H,28,29). The first-order valence-electron chi connectivity index (χ1n) is 9.75. The number of anilines is 1. The second kappa shape index (κ2) is 7.54. The minimum atomic E-state index is -1.08. The summed E-state index contributed by atoms with van der Waals surface area (Å²) in [5, 5.41) is 13.0. The van der Waals surface area contributed by atoms with Crippen LogP contribution in [-0.2, 0) is 0 Å². The van der Waals surface area contributed by atoms with Crippen molar-refractivity contribution in [1.82, 2.24) is 4.57 Å². The lowest BCUT2D eigenvalue weighted by molar-refractivity contribution is 0.0697. The number of hydrogen-bond acceptors (Lipinski definition) is 3. The van der Waals surface area contributed by atoms with Gasteiger partial charge in [-0.1, -0.05) is 37.1 Å². The van der Waals surface area contributed by atoms with Gasteiger partial charge in [0.15, 0.2) is 0 Å². The number of amides is 1. The van der Waals surface area contributed by atoms with Crippen molar-refractivity contribution in [2.75, 3.05) is 5.32 Å². The lowest BCUT2D eigenvalue weighted by Gasteiger charge is -2.14. The second-order valence-electron chi connectivity index (χ2n) is 7.49. The first-order valence-corrected chi connectivity index (χ1v) is 9.75. The number of nitrogens with zero attached hydrogens (tertiary/aromatic N) is 1. The molecule has 0 bridgehead atoms. The number of rotatable bonds is 4. The Morgan fingerprint density at radius 2 is 1.76 bits per heavy atom. The fraction of sp³-hybridized carbons (Fsp3) is 0.261. The van der Waals surface area contributed by atoms with E-state index < -0.39 is 11.9 Å². The number of nitrogens with one attached hydrogen (secondary N) is 1. The number of carboxylic acids is 1. The maximum Gasteiger partial charge on any atom is 0.337 e. The van der Waals surface area contributed by atoms with Gasteiger partial charge in [0.05, 0.1) is 22.3 Å². The van der Waals surface area contributed by atoms with Gasteiger partial charge in [-0.05, 0) is 42.5 Å². The van der Waals surface area contributed by atoms with Gasteiger partial charge < -0.3 is 10.4 Å². The van der Waals surface area contributed by atoms with Gasteiger partial charge >= 0.3 is 5.97 Å². The van der Waals surface area contributed by atoms with Crippen LogP contribution < -0.4 is 5.32 Å². The highest BCUT2D eigenvalue weighted by molar-refractivity contribution is 6.15. The number of fused-ring (bicyclic) bond motifs is 1. The highest BCUT2D eigenvalue weighted by Gasteiger charge is 2.22. The van der Waals surface area contributed by atoms with E-state index in [4.69, 9.17) is 0 Å². The summed E-state index contributed by atoms with van der Waals surface area (Å²) in [5.41, 5.74) is 2.31. The predicted octanol–water partition coefficient (Wildman–Crippen LogP) is 4.91. The van der Waals surface area contributed by atoms with E-state index >= 15 is 0 Å². The number of carbonyl (C=O) groups excluding carboxylic acids is 2. The average Bonchev–Trinajstić information content (AvgIpc) is 3.36. The Bertz CT molecular complexity index is 1120. The molecule has 1 aliphatic rings. The molecule has 1 amide bonds. The lowest BCUT2D eigenvalue weighted by atomic mass is 9.95. The van der Waals surface area contributed by atoms with E-state index in [1.165, 1.54) is 17.7 Å². The Hall–Kier alpha value is -3.41. The van der Waals surface area contributed by atoms with Crippen molar-refractivity contribution in [2.45, 2.75) is 38.5 Å². The first kappa shape index (κ1) is 18.9. The molecular weight excluding hydrogens is 368 g/mol. The molecule has 0 atom stereocenters. The summed E-state index contributed by atoms with van der Waals surface area (Å²) in [6, 6.07) is 12.4. The van der Waals surface area contributed by atoms with Crippen LogP contribution in [0.25, 0.3) is 10.9 Å². The van der Waals surface area contributed by atoms with E-state index in [2.05, 4.69) is 5.32 Å². The highest BCUT2D eigenvalue weighted by atomic mass is 16.4. The molecule has 1 fully saturated rings. The fourth-order valence-corrected chi connectivity index (χ4v) is 4.17. The molecule has 1 aromatic heterocycles. The molecule has 1 heterocycles. The minimum Gasteiger partial charge on any atom is -0.478 e. The summed E-state index contributed by atoms with van der Waals surface area (Å²) in [4.78, 5) is 36.7. The lowest BCUT2D eigenvalue weighted by Crippen LogP contribution is -2.15. The molecule has 2 N–H and O–H groups in total. The summed E-state index contributed by atoms with van der Waals surface area (Å²) in [5.74, 6) is -1.34. The Morgan fingerprint density at radius 1 is 1.03 bits per heavy atom. The number of hydrogen-bond donors (Lipinski definition) is 2.